The minimum Gasteiger partial charge on any atom is -0.456 e. The fraction of sp³-hybridized carbons (Fsp3) is 0.500. The highest BCUT2D eigenvalue weighted by molar-refractivity contribution is 5.96. The molecule has 0 aromatic carbocycles. The van der Waals surface area contributed by atoms with E-state index in [1.165, 1.54) is 6.20 Å². The van der Waals surface area contributed by atoms with Gasteiger partial charge in [0.05, 0.1) is 6.61 Å². The molecule has 1 rings (SSSR count). The summed E-state index contributed by atoms with van der Waals surface area (Å²) in [4.78, 5) is 16.0. The van der Waals surface area contributed by atoms with Gasteiger partial charge in [-0.3, -0.25) is 0 Å². The maximum absolute atomic E-state index is 12.0. The van der Waals surface area contributed by atoms with E-state index in [-0.39, 0.29) is 12.2 Å². The van der Waals surface area contributed by atoms with Crippen LogP contribution in [0.25, 0.3) is 0 Å². The largest absolute Gasteiger partial charge is 0.456 e. The number of aliphatic hydroxyl groups excluding tert-OH is 1. The molecule has 0 aliphatic rings. The first-order valence-corrected chi connectivity index (χ1v) is 5.39. The lowest BCUT2D eigenvalue weighted by atomic mass is 10.1. The first-order chi connectivity index (χ1) is 7.89. The van der Waals surface area contributed by atoms with Gasteiger partial charge < -0.3 is 15.2 Å². The highest BCUT2D eigenvalue weighted by atomic mass is 16.6. The quantitative estimate of drug-likeness (QED) is 0.782. The highest BCUT2D eigenvalue weighted by Crippen LogP contribution is 2.21. The number of hydrogen-bond acceptors (Lipinski definition) is 5. The number of anilines is 1. The van der Waals surface area contributed by atoms with Crippen LogP contribution in [0.3, 0.4) is 0 Å². The molecule has 1 aromatic rings. The van der Waals surface area contributed by atoms with Gasteiger partial charge in [0.15, 0.2) is 0 Å². The first kappa shape index (κ1) is 13.4. The minimum atomic E-state index is -0.579. The van der Waals surface area contributed by atoms with Crippen molar-refractivity contribution >= 4 is 11.8 Å². The second kappa shape index (κ2) is 5.14. The Morgan fingerprint density at radius 2 is 2.18 bits per heavy atom. The molecule has 0 fully saturated rings. The van der Waals surface area contributed by atoms with Gasteiger partial charge in [-0.2, -0.15) is 0 Å². The zero-order valence-corrected chi connectivity index (χ0v) is 10.6. The summed E-state index contributed by atoms with van der Waals surface area (Å²) < 4.78 is 5.28. The van der Waals surface area contributed by atoms with Crippen molar-refractivity contribution in [3.8, 4) is 0 Å². The number of pyridine rings is 1. The second-order valence-electron chi connectivity index (χ2n) is 4.60. The monoisotopic (exact) mass is 238 g/mol. The topological polar surface area (TPSA) is 71.5 Å². The molecule has 0 spiro atoms. The average Bonchev–Trinajstić information content (AvgIpc) is 2.25. The lowest BCUT2D eigenvalue weighted by molar-refractivity contribution is 0.00674. The summed E-state index contributed by atoms with van der Waals surface area (Å²) in [6.07, 6.45) is 1.53. The highest BCUT2D eigenvalue weighted by Gasteiger charge is 2.23. The van der Waals surface area contributed by atoms with E-state index in [1.807, 2.05) is 0 Å². The van der Waals surface area contributed by atoms with Gasteiger partial charge in [0.1, 0.15) is 17.0 Å². The van der Waals surface area contributed by atoms with Crippen molar-refractivity contribution in [3.05, 3.63) is 23.4 Å². The molecule has 0 aliphatic heterocycles. The summed E-state index contributed by atoms with van der Waals surface area (Å²) in [5, 5.41) is 12.0. The molecule has 0 saturated heterocycles. The number of carbonyl (C=O) groups is 1. The number of rotatable bonds is 3. The molecule has 0 amide bonds. The molecule has 0 unspecified atom stereocenters. The fourth-order valence-electron chi connectivity index (χ4n) is 1.38. The fourth-order valence-corrected chi connectivity index (χ4v) is 1.38. The smallest absolute Gasteiger partial charge is 0.342 e. The molecule has 0 aliphatic carbocycles. The number of hydrogen-bond donors (Lipinski definition) is 2. The molecular formula is C12H18N2O3. The lowest BCUT2D eigenvalue weighted by Crippen LogP contribution is -2.25. The maximum atomic E-state index is 12.0. The van der Waals surface area contributed by atoms with Crippen molar-refractivity contribution in [2.75, 3.05) is 12.4 Å². The zero-order chi connectivity index (χ0) is 13.1. The van der Waals surface area contributed by atoms with Crippen LogP contribution in [0.5, 0.6) is 0 Å². The van der Waals surface area contributed by atoms with Crippen molar-refractivity contribution in [2.24, 2.45) is 0 Å². The van der Waals surface area contributed by atoms with E-state index in [1.54, 1.807) is 33.9 Å². The van der Waals surface area contributed by atoms with Gasteiger partial charge in [0.25, 0.3) is 0 Å². The number of aliphatic hydroxyl groups is 1. The van der Waals surface area contributed by atoms with E-state index in [0.717, 1.165) is 0 Å². The summed E-state index contributed by atoms with van der Waals surface area (Å²) in [5.41, 5.74) is 0.205. The number of nitrogens with zero attached hydrogens (tertiary/aromatic N) is 1. The molecule has 2 N–H and O–H groups in total. The second-order valence-corrected chi connectivity index (χ2v) is 4.60. The van der Waals surface area contributed by atoms with Crippen LogP contribution < -0.4 is 5.32 Å². The van der Waals surface area contributed by atoms with Crippen molar-refractivity contribution < 1.29 is 14.6 Å². The summed E-state index contributed by atoms with van der Waals surface area (Å²) in [6, 6.07) is 1.60. The summed E-state index contributed by atoms with van der Waals surface area (Å²) in [5.74, 6) is -0.0789. The predicted octanol–water partition coefficient (Wildman–Crippen LogP) is 1.57. The molecule has 5 nitrogen and oxygen atoms in total. The molecule has 94 valence electrons. The number of aromatic nitrogens is 1. The normalized spacial score (nSPS) is 11.1. The number of ether oxygens (including phenoxy) is 1. The molecule has 0 saturated carbocycles. The van der Waals surface area contributed by atoms with E-state index in [9.17, 15) is 9.90 Å². The molecule has 17 heavy (non-hydrogen) atoms. The van der Waals surface area contributed by atoms with Crippen LogP contribution in [0.15, 0.2) is 12.3 Å². The van der Waals surface area contributed by atoms with Gasteiger partial charge in [-0.1, -0.05) is 0 Å². The van der Waals surface area contributed by atoms with E-state index in [4.69, 9.17) is 4.74 Å². The van der Waals surface area contributed by atoms with Crippen molar-refractivity contribution in [3.63, 3.8) is 0 Å². The van der Waals surface area contributed by atoms with Gasteiger partial charge in [-0.25, -0.2) is 9.78 Å². The number of esters is 1. The molecular weight excluding hydrogens is 220 g/mol. The predicted molar refractivity (Wildman–Crippen MR) is 64.9 cm³/mol. The minimum absolute atomic E-state index is 0.230. The van der Waals surface area contributed by atoms with E-state index in [0.29, 0.717) is 11.4 Å². The summed E-state index contributed by atoms with van der Waals surface area (Å²) >= 11 is 0. The number of carbonyl (C=O) groups excluding carboxylic acids is 1. The Hall–Kier alpha value is -1.62. The van der Waals surface area contributed by atoms with E-state index in [2.05, 4.69) is 10.3 Å². The van der Waals surface area contributed by atoms with Gasteiger partial charge >= 0.3 is 5.97 Å². The van der Waals surface area contributed by atoms with Gasteiger partial charge in [-0.15, -0.1) is 0 Å². The molecule has 0 bridgehead atoms. The third-order valence-corrected chi connectivity index (χ3v) is 2.05. The Labute approximate surface area is 101 Å². The first-order valence-electron chi connectivity index (χ1n) is 5.39. The Morgan fingerprint density at radius 3 is 2.65 bits per heavy atom. The Bertz CT molecular complexity index is 388. The molecule has 5 heteroatoms. The van der Waals surface area contributed by atoms with Crippen molar-refractivity contribution in [2.45, 2.75) is 33.0 Å². The van der Waals surface area contributed by atoms with Crippen molar-refractivity contribution in [1.82, 2.24) is 4.98 Å². The lowest BCUT2D eigenvalue weighted by Gasteiger charge is -2.21. The third kappa shape index (κ3) is 3.42. The van der Waals surface area contributed by atoms with Crippen molar-refractivity contribution in [1.29, 1.82) is 0 Å². The maximum Gasteiger partial charge on any atom is 0.342 e. The van der Waals surface area contributed by atoms with Gasteiger partial charge in [0.2, 0.25) is 0 Å². The van der Waals surface area contributed by atoms with Crippen LogP contribution >= 0.6 is 0 Å². The van der Waals surface area contributed by atoms with Gasteiger partial charge in [0, 0.05) is 13.2 Å². The van der Waals surface area contributed by atoms with E-state index >= 15 is 0 Å². The molecule has 1 aromatic heterocycles. The summed E-state index contributed by atoms with van der Waals surface area (Å²) in [6.45, 7) is 5.14. The Morgan fingerprint density at radius 1 is 1.53 bits per heavy atom. The standard InChI is InChI=1S/C12H18N2O3/c1-12(2,3)17-11(16)9-8(7-15)5-6-14-10(9)13-4/h5-6,15H,7H2,1-4H3,(H,13,14). The van der Waals surface area contributed by atoms with Crippen LogP contribution in [-0.4, -0.2) is 28.7 Å². The SMILES string of the molecule is CNc1nccc(CO)c1C(=O)OC(C)(C)C. The van der Waals surface area contributed by atoms with Crippen LogP contribution in [-0.2, 0) is 11.3 Å². The molecule has 0 atom stereocenters. The average molecular weight is 238 g/mol. The Balaban J connectivity index is 3.14. The van der Waals surface area contributed by atoms with Crippen LogP contribution in [0, 0.1) is 0 Å². The van der Waals surface area contributed by atoms with Crippen LogP contribution in [0.1, 0.15) is 36.7 Å². The molecule has 1 heterocycles. The van der Waals surface area contributed by atoms with E-state index < -0.39 is 11.6 Å². The van der Waals surface area contributed by atoms with Crippen LogP contribution in [0.4, 0.5) is 5.82 Å². The number of nitrogens with one attached hydrogen (secondary N) is 1. The van der Waals surface area contributed by atoms with Gasteiger partial charge in [-0.05, 0) is 32.4 Å². The summed E-state index contributed by atoms with van der Waals surface area (Å²) in [7, 11) is 1.66. The zero-order valence-electron chi connectivity index (χ0n) is 10.6. The molecule has 0 radical (unpaired) electrons. The third-order valence-electron chi connectivity index (χ3n) is 2.05. The van der Waals surface area contributed by atoms with Crippen LogP contribution in [0.2, 0.25) is 0 Å². The Kier molecular flexibility index (Phi) is 4.07.